The van der Waals surface area contributed by atoms with E-state index in [9.17, 15) is 26.4 Å². The van der Waals surface area contributed by atoms with Crippen molar-refractivity contribution in [2.24, 2.45) is 5.92 Å². The lowest BCUT2D eigenvalue weighted by atomic mass is 10.0. The van der Waals surface area contributed by atoms with Crippen molar-refractivity contribution in [1.82, 2.24) is 15.4 Å². The van der Waals surface area contributed by atoms with E-state index in [1.165, 1.54) is 0 Å². The van der Waals surface area contributed by atoms with E-state index in [-0.39, 0.29) is 17.3 Å². The Kier molecular flexibility index (Phi) is 7.47. The van der Waals surface area contributed by atoms with E-state index in [1.807, 2.05) is 0 Å². The van der Waals surface area contributed by atoms with E-state index in [2.05, 4.69) is 20.1 Å². The van der Waals surface area contributed by atoms with Gasteiger partial charge in [0.05, 0.1) is 11.4 Å². The molecule has 7 nitrogen and oxygen atoms in total. The standard InChI is InChI=1S/C13H16F3N3O4S.ClH/c14-13(15,16)23-10-1-3-11(4-2-10)24(21,22)19-8-12(20)18-7-9-5-17-6-9;/h1-4,9,17,19H,5-8H2,(H,18,20);1H. The summed E-state index contributed by atoms with van der Waals surface area (Å²) >= 11 is 0. The van der Waals surface area contributed by atoms with Crippen LogP contribution in [0.1, 0.15) is 0 Å². The molecule has 0 radical (unpaired) electrons. The first-order valence-corrected chi connectivity index (χ1v) is 8.47. The Bertz CT molecular complexity index is 679. The minimum absolute atomic E-state index is 0. The van der Waals surface area contributed by atoms with Crippen molar-refractivity contribution in [2.75, 3.05) is 26.2 Å². The summed E-state index contributed by atoms with van der Waals surface area (Å²) in [4.78, 5) is 11.3. The maximum atomic E-state index is 12.0. The number of hydrogen-bond donors (Lipinski definition) is 3. The lowest BCUT2D eigenvalue weighted by Crippen LogP contribution is -2.49. The van der Waals surface area contributed by atoms with Gasteiger partial charge in [-0.1, -0.05) is 0 Å². The number of ether oxygens (including phenoxy) is 1. The molecule has 1 aliphatic rings. The molecule has 0 bridgehead atoms. The normalized spacial score (nSPS) is 15.0. The number of carbonyl (C=O) groups excluding carboxylic acids is 1. The second kappa shape index (κ2) is 8.70. The Morgan fingerprint density at radius 2 is 1.84 bits per heavy atom. The highest BCUT2D eigenvalue weighted by Gasteiger charge is 2.31. The van der Waals surface area contributed by atoms with Gasteiger partial charge in [-0.25, -0.2) is 13.1 Å². The van der Waals surface area contributed by atoms with Crippen LogP contribution in [-0.2, 0) is 14.8 Å². The molecular formula is C13H17ClF3N3O4S. The number of rotatable bonds is 7. The van der Waals surface area contributed by atoms with Gasteiger partial charge in [-0.05, 0) is 24.3 Å². The highest BCUT2D eigenvalue weighted by atomic mass is 35.5. The molecule has 1 amide bonds. The number of amides is 1. The number of halogens is 4. The monoisotopic (exact) mass is 403 g/mol. The third-order valence-electron chi connectivity index (χ3n) is 3.24. The molecule has 0 aliphatic carbocycles. The number of nitrogens with one attached hydrogen (secondary N) is 3. The van der Waals surface area contributed by atoms with Gasteiger partial charge >= 0.3 is 6.36 Å². The predicted molar refractivity (Wildman–Crippen MR) is 84.9 cm³/mol. The van der Waals surface area contributed by atoms with Gasteiger partial charge in [-0.2, -0.15) is 0 Å². The van der Waals surface area contributed by atoms with Crippen LogP contribution < -0.4 is 20.1 Å². The van der Waals surface area contributed by atoms with Crippen molar-refractivity contribution in [2.45, 2.75) is 11.3 Å². The first-order chi connectivity index (χ1) is 11.2. The molecule has 0 atom stereocenters. The summed E-state index contributed by atoms with van der Waals surface area (Å²) in [7, 11) is -4.01. The predicted octanol–water partition coefficient (Wildman–Crippen LogP) is 0.621. The molecule has 0 saturated carbocycles. The zero-order valence-electron chi connectivity index (χ0n) is 12.8. The molecule has 142 valence electrons. The molecule has 0 unspecified atom stereocenters. The van der Waals surface area contributed by atoms with E-state index in [4.69, 9.17) is 0 Å². The molecule has 1 aromatic carbocycles. The second-order valence-corrected chi connectivity index (χ2v) is 6.94. The van der Waals surface area contributed by atoms with Crippen molar-refractivity contribution in [3.8, 4) is 5.75 Å². The third-order valence-corrected chi connectivity index (χ3v) is 4.66. The third kappa shape index (κ3) is 7.06. The van der Waals surface area contributed by atoms with Crippen molar-refractivity contribution < 1.29 is 31.1 Å². The summed E-state index contributed by atoms with van der Waals surface area (Å²) in [5, 5.41) is 5.63. The van der Waals surface area contributed by atoms with Crippen LogP contribution in [0.15, 0.2) is 29.2 Å². The lowest BCUT2D eigenvalue weighted by Gasteiger charge is -2.27. The summed E-state index contributed by atoms with van der Waals surface area (Å²) in [6, 6.07) is 3.68. The molecular weight excluding hydrogens is 387 g/mol. The van der Waals surface area contributed by atoms with Crippen LogP contribution >= 0.6 is 12.4 Å². The number of sulfonamides is 1. The van der Waals surface area contributed by atoms with Gasteiger partial charge < -0.3 is 15.4 Å². The van der Waals surface area contributed by atoms with E-state index in [0.29, 0.717) is 12.5 Å². The molecule has 1 heterocycles. The van der Waals surface area contributed by atoms with Gasteiger partial charge in [0.1, 0.15) is 5.75 Å². The fraction of sp³-hybridized carbons (Fsp3) is 0.462. The molecule has 1 fully saturated rings. The van der Waals surface area contributed by atoms with Gasteiger partial charge in [-0.15, -0.1) is 25.6 Å². The number of alkyl halides is 3. The van der Waals surface area contributed by atoms with E-state index in [1.54, 1.807) is 0 Å². The van der Waals surface area contributed by atoms with Crippen LogP contribution in [0.2, 0.25) is 0 Å². The average Bonchev–Trinajstić information content (AvgIpc) is 2.42. The van der Waals surface area contributed by atoms with Gasteiger partial charge in [0, 0.05) is 25.6 Å². The average molecular weight is 404 g/mol. The molecule has 3 N–H and O–H groups in total. The van der Waals surface area contributed by atoms with Gasteiger partial charge in [0.15, 0.2) is 0 Å². The first kappa shape index (κ1) is 21.5. The SMILES string of the molecule is Cl.O=C(CNS(=O)(=O)c1ccc(OC(F)(F)F)cc1)NCC1CNC1. The second-order valence-electron chi connectivity index (χ2n) is 5.17. The van der Waals surface area contributed by atoms with Gasteiger partial charge in [0.2, 0.25) is 15.9 Å². The Labute approximate surface area is 148 Å². The molecule has 1 saturated heterocycles. The molecule has 1 aromatic rings. The number of benzene rings is 1. The zero-order valence-corrected chi connectivity index (χ0v) is 14.4. The minimum atomic E-state index is -4.85. The Balaban J connectivity index is 0.00000312. The maximum absolute atomic E-state index is 12.0. The van der Waals surface area contributed by atoms with Gasteiger partial charge in [-0.3, -0.25) is 4.79 Å². The largest absolute Gasteiger partial charge is 0.573 e. The van der Waals surface area contributed by atoms with Crippen LogP contribution in [0.4, 0.5) is 13.2 Å². The molecule has 25 heavy (non-hydrogen) atoms. The molecule has 0 spiro atoms. The Morgan fingerprint density at radius 1 is 1.24 bits per heavy atom. The summed E-state index contributed by atoms with van der Waals surface area (Å²) in [6.45, 7) is 1.61. The van der Waals surface area contributed by atoms with Crippen LogP contribution in [-0.4, -0.2) is 46.9 Å². The van der Waals surface area contributed by atoms with Crippen molar-refractivity contribution in [1.29, 1.82) is 0 Å². The molecule has 2 rings (SSSR count). The highest BCUT2D eigenvalue weighted by Crippen LogP contribution is 2.23. The van der Waals surface area contributed by atoms with E-state index in [0.717, 1.165) is 37.4 Å². The fourth-order valence-electron chi connectivity index (χ4n) is 1.88. The van der Waals surface area contributed by atoms with E-state index < -0.39 is 34.6 Å². The topological polar surface area (TPSA) is 96.5 Å². The fourth-order valence-corrected chi connectivity index (χ4v) is 2.86. The first-order valence-electron chi connectivity index (χ1n) is 6.98. The van der Waals surface area contributed by atoms with Crippen LogP contribution in [0.25, 0.3) is 0 Å². The minimum Gasteiger partial charge on any atom is -0.406 e. The number of hydrogen-bond acceptors (Lipinski definition) is 5. The van der Waals surface area contributed by atoms with Crippen LogP contribution in [0.3, 0.4) is 0 Å². The van der Waals surface area contributed by atoms with Crippen molar-refractivity contribution in [3.05, 3.63) is 24.3 Å². The van der Waals surface area contributed by atoms with Crippen LogP contribution in [0, 0.1) is 5.92 Å². The van der Waals surface area contributed by atoms with Crippen LogP contribution in [0.5, 0.6) is 5.75 Å². The summed E-state index contributed by atoms with van der Waals surface area (Å²) in [5.74, 6) is -0.678. The maximum Gasteiger partial charge on any atom is 0.573 e. The summed E-state index contributed by atoms with van der Waals surface area (Å²) < 4.78 is 65.8. The quantitative estimate of drug-likeness (QED) is 0.620. The Hall–Kier alpha value is -1.56. The van der Waals surface area contributed by atoms with Crippen molar-refractivity contribution in [3.63, 3.8) is 0 Å². The van der Waals surface area contributed by atoms with E-state index >= 15 is 0 Å². The summed E-state index contributed by atoms with van der Waals surface area (Å²) in [6.07, 6.45) is -4.85. The van der Waals surface area contributed by atoms with Gasteiger partial charge in [0.25, 0.3) is 0 Å². The molecule has 1 aliphatic heterocycles. The Morgan fingerprint density at radius 3 is 2.32 bits per heavy atom. The summed E-state index contributed by atoms with van der Waals surface area (Å²) in [5.41, 5.74) is 0. The number of carbonyl (C=O) groups is 1. The molecule has 0 aromatic heterocycles. The highest BCUT2D eigenvalue weighted by molar-refractivity contribution is 7.89. The van der Waals surface area contributed by atoms with Crippen molar-refractivity contribution >= 4 is 28.3 Å². The smallest absolute Gasteiger partial charge is 0.406 e. The lowest BCUT2D eigenvalue weighted by molar-refractivity contribution is -0.274. The molecule has 12 heteroatoms. The zero-order chi connectivity index (χ0) is 17.8.